The third-order valence-electron chi connectivity index (χ3n) is 7.47. The summed E-state index contributed by atoms with van der Waals surface area (Å²) in [6, 6.07) is 9.58. The highest BCUT2D eigenvalue weighted by molar-refractivity contribution is 6.36. The van der Waals surface area contributed by atoms with E-state index in [-0.39, 0.29) is 18.2 Å². The lowest BCUT2D eigenvalue weighted by Gasteiger charge is -2.31. The number of aryl methyl sites for hydroxylation is 1. The number of likely N-dealkylation sites (tertiary alicyclic amines) is 1. The molecular weight excluding hydrogens is 474 g/mol. The van der Waals surface area contributed by atoms with E-state index in [0.29, 0.717) is 34.3 Å². The third-order valence-corrected chi connectivity index (χ3v) is 8.30. The average Bonchev–Trinajstić information content (AvgIpc) is 3.60. The highest BCUT2D eigenvalue weighted by Crippen LogP contribution is 2.42. The molecule has 1 aliphatic heterocycles. The summed E-state index contributed by atoms with van der Waals surface area (Å²) in [5.41, 5.74) is 4.83. The maximum Gasteiger partial charge on any atom is 0.303 e. The van der Waals surface area contributed by atoms with E-state index in [1.807, 2.05) is 25.2 Å². The Bertz CT molecular complexity index is 1240. The van der Waals surface area contributed by atoms with Gasteiger partial charge in [0.25, 0.3) is 0 Å². The van der Waals surface area contributed by atoms with Crippen LogP contribution in [-0.2, 0) is 24.8 Å². The number of piperidine rings is 1. The number of carbonyl (C=O) groups is 1. The van der Waals surface area contributed by atoms with Crippen molar-refractivity contribution in [3.63, 3.8) is 0 Å². The minimum absolute atomic E-state index is 0.168. The van der Waals surface area contributed by atoms with Gasteiger partial charge in [-0.05, 0) is 91.6 Å². The maximum absolute atomic E-state index is 14.8. The van der Waals surface area contributed by atoms with Crippen LogP contribution in [-0.4, -0.2) is 33.6 Å². The van der Waals surface area contributed by atoms with Crippen molar-refractivity contribution < 1.29 is 14.3 Å². The molecule has 0 amide bonds. The van der Waals surface area contributed by atoms with Gasteiger partial charge < -0.3 is 9.67 Å². The molecule has 2 fully saturated rings. The molecule has 1 saturated heterocycles. The summed E-state index contributed by atoms with van der Waals surface area (Å²) in [6.07, 6.45) is 4.81. The summed E-state index contributed by atoms with van der Waals surface area (Å²) in [4.78, 5) is 13.3. The molecule has 2 aliphatic rings. The van der Waals surface area contributed by atoms with E-state index in [0.717, 1.165) is 66.7 Å². The number of benzene rings is 2. The van der Waals surface area contributed by atoms with Crippen LogP contribution in [0.4, 0.5) is 4.39 Å². The molecule has 3 aromatic rings. The Morgan fingerprint density at radius 1 is 1.12 bits per heavy atom. The molecular formula is C27H29Cl2FN2O2. The van der Waals surface area contributed by atoms with E-state index in [2.05, 4.69) is 15.5 Å². The van der Waals surface area contributed by atoms with Gasteiger partial charge in [-0.1, -0.05) is 29.3 Å². The second-order valence-electron chi connectivity index (χ2n) is 9.90. The lowest BCUT2D eigenvalue weighted by atomic mass is 9.93. The van der Waals surface area contributed by atoms with Crippen molar-refractivity contribution in [2.45, 2.75) is 51.0 Å². The highest BCUT2D eigenvalue weighted by atomic mass is 35.5. The largest absolute Gasteiger partial charge is 0.481 e. The molecule has 1 N–H and O–H groups in total. The zero-order valence-electron chi connectivity index (χ0n) is 19.3. The zero-order chi connectivity index (χ0) is 24.0. The zero-order valence-corrected chi connectivity index (χ0v) is 20.8. The molecule has 1 saturated carbocycles. The number of fused-ring (bicyclic) bond motifs is 1. The van der Waals surface area contributed by atoms with Crippen molar-refractivity contribution in [1.29, 1.82) is 0 Å². The molecule has 2 aromatic carbocycles. The first-order valence-corrected chi connectivity index (χ1v) is 12.7. The Kier molecular flexibility index (Phi) is 6.62. The number of carboxylic acids is 1. The molecule has 0 spiro atoms. The second kappa shape index (κ2) is 9.52. The fraction of sp³-hybridized carbons (Fsp3) is 0.444. The Labute approximate surface area is 209 Å². The number of halogens is 3. The average molecular weight is 503 g/mol. The van der Waals surface area contributed by atoms with E-state index in [1.54, 1.807) is 6.07 Å². The van der Waals surface area contributed by atoms with Crippen LogP contribution in [0.1, 0.15) is 60.4 Å². The van der Waals surface area contributed by atoms with Crippen molar-refractivity contribution in [2.24, 2.45) is 13.0 Å². The number of aliphatic carboxylic acids is 1. The number of hydrogen-bond acceptors (Lipinski definition) is 2. The van der Waals surface area contributed by atoms with E-state index < -0.39 is 5.97 Å². The minimum Gasteiger partial charge on any atom is -0.481 e. The van der Waals surface area contributed by atoms with Gasteiger partial charge >= 0.3 is 5.97 Å². The van der Waals surface area contributed by atoms with Gasteiger partial charge in [0.15, 0.2) is 0 Å². The van der Waals surface area contributed by atoms with Crippen LogP contribution in [0.5, 0.6) is 0 Å². The summed E-state index contributed by atoms with van der Waals surface area (Å²) in [5.74, 6) is -0.149. The smallest absolute Gasteiger partial charge is 0.303 e. The monoisotopic (exact) mass is 502 g/mol. The summed E-state index contributed by atoms with van der Waals surface area (Å²) in [6.45, 7) is 2.42. The first-order chi connectivity index (χ1) is 16.3. The number of aromatic nitrogens is 1. The van der Waals surface area contributed by atoms with Gasteiger partial charge in [0.1, 0.15) is 5.82 Å². The fourth-order valence-electron chi connectivity index (χ4n) is 5.23. The Hall–Kier alpha value is -2.08. The summed E-state index contributed by atoms with van der Waals surface area (Å²) in [7, 11) is 1.97. The van der Waals surface area contributed by atoms with Crippen molar-refractivity contribution >= 4 is 40.1 Å². The molecule has 0 atom stereocenters. The predicted octanol–water partition coefficient (Wildman–Crippen LogP) is 6.78. The molecule has 7 heteroatoms. The first-order valence-electron chi connectivity index (χ1n) is 12.0. The molecule has 0 radical (unpaired) electrons. The number of nitrogens with zero attached hydrogens (tertiary/aromatic N) is 2. The lowest BCUT2D eigenvalue weighted by molar-refractivity contribution is -0.138. The summed E-state index contributed by atoms with van der Waals surface area (Å²) < 4.78 is 16.9. The second-order valence-corrected chi connectivity index (χ2v) is 10.7. The number of hydrogen-bond donors (Lipinski definition) is 1. The molecule has 1 aromatic heterocycles. The van der Waals surface area contributed by atoms with Crippen molar-refractivity contribution in [2.75, 3.05) is 13.1 Å². The van der Waals surface area contributed by atoms with Crippen LogP contribution in [0, 0.1) is 11.7 Å². The maximum atomic E-state index is 14.8. The molecule has 0 unspecified atom stereocenters. The lowest BCUT2D eigenvalue weighted by Crippen LogP contribution is -2.34. The Balaban J connectivity index is 1.36. The van der Waals surface area contributed by atoms with Crippen LogP contribution in [0.25, 0.3) is 10.9 Å². The molecule has 2 heterocycles. The predicted molar refractivity (Wildman–Crippen MR) is 134 cm³/mol. The van der Waals surface area contributed by atoms with Gasteiger partial charge in [0.2, 0.25) is 0 Å². The normalized spacial score (nSPS) is 17.5. The molecule has 1 aliphatic carbocycles. The highest BCUT2D eigenvalue weighted by Gasteiger charge is 2.26. The van der Waals surface area contributed by atoms with Crippen LogP contribution in [0.15, 0.2) is 30.3 Å². The molecule has 34 heavy (non-hydrogen) atoms. The minimum atomic E-state index is -0.721. The van der Waals surface area contributed by atoms with Crippen LogP contribution in [0.3, 0.4) is 0 Å². The summed E-state index contributed by atoms with van der Waals surface area (Å²) in [5, 5.41) is 10.9. The molecule has 180 valence electrons. The summed E-state index contributed by atoms with van der Waals surface area (Å²) >= 11 is 13.4. The number of carboxylic acid groups (broad SMARTS) is 1. The van der Waals surface area contributed by atoms with Crippen molar-refractivity contribution in [3.05, 3.63) is 68.6 Å². The Morgan fingerprint density at radius 3 is 2.53 bits per heavy atom. The molecule has 4 nitrogen and oxygen atoms in total. The van der Waals surface area contributed by atoms with Gasteiger partial charge in [-0.25, -0.2) is 4.39 Å². The van der Waals surface area contributed by atoms with E-state index >= 15 is 0 Å². The van der Waals surface area contributed by atoms with E-state index in [9.17, 15) is 9.18 Å². The van der Waals surface area contributed by atoms with Gasteiger partial charge in [-0.15, -0.1) is 0 Å². The third kappa shape index (κ3) is 4.84. The molecule has 0 bridgehead atoms. The SMILES string of the molecule is Cn1c(Cc2c(Cl)ccc(CN3CCC(CC(=O)O)CC3)c2Cl)cc2c(F)cc(C3CC3)cc21. The van der Waals surface area contributed by atoms with E-state index in [1.165, 1.54) is 0 Å². The van der Waals surface area contributed by atoms with Crippen molar-refractivity contribution in [3.8, 4) is 0 Å². The van der Waals surface area contributed by atoms with Crippen LogP contribution in [0.2, 0.25) is 10.0 Å². The van der Waals surface area contributed by atoms with Gasteiger partial charge in [0, 0.05) is 42.5 Å². The van der Waals surface area contributed by atoms with Crippen LogP contribution < -0.4 is 0 Å². The standard InChI is InChI=1S/C27H29Cl2FN2O2/c1-31-20(14-22-24(30)11-19(12-25(22)31)17-2-3-17)13-21-23(28)5-4-18(27(21)29)15-32-8-6-16(7-9-32)10-26(33)34/h4-5,11-12,14,16-17H,2-3,6-10,13,15H2,1H3,(H,33,34). The van der Waals surface area contributed by atoms with Crippen LogP contribution >= 0.6 is 23.2 Å². The van der Waals surface area contributed by atoms with Gasteiger partial charge in [-0.2, -0.15) is 0 Å². The molecule has 5 rings (SSSR count). The van der Waals surface area contributed by atoms with Crippen molar-refractivity contribution in [1.82, 2.24) is 9.47 Å². The van der Waals surface area contributed by atoms with Gasteiger partial charge in [0.05, 0.1) is 10.5 Å². The quantitative estimate of drug-likeness (QED) is 0.387. The number of rotatable bonds is 7. The topological polar surface area (TPSA) is 45.5 Å². The first kappa shape index (κ1) is 23.7. The van der Waals surface area contributed by atoms with Gasteiger partial charge in [-0.3, -0.25) is 9.69 Å². The van der Waals surface area contributed by atoms with E-state index in [4.69, 9.17) is 28.3 Å². The fourth-order valence-corrected chi connectivity index (χ4v) is 5.80. The Morgan fingerprint density at radius 2 is 1.85 bits per heavy atom.